The van der Waals surface area contributed by atoms with Gasteiger partial charge in [0.2, 0.25) is 0 Å². The summed E-state index contributed by atoms with van der Waals surface area (Å²) >= 11 is 0. The molecule has 1 amide bonds. The van der Waals surface area contributed by atoms with Gasteiger partial charge in [0.05, 0.1) is 18.4 Å². The minimum Gasteiger partial charge on any atom is -0.497 e. The van der Waals surface area contributed by atoms with Crippen molar-refractivity contribution in [1.82, 2.24) is 15.1 Å². The van der Waals surface area contributed by atoms with E-state index >= 15 is 0 Å². The molecule has 1 N–H and O–H groups in total. The van der Waals surface area contributed by atoms with Crippen molar-refractivity contribution in [3.05, 3.63) is 42.2 Å². The maximum Gasteiger partial charge on any atom is 0.272 e. The Labute approximate surface area is 158 Å². The number of amides is 1. The van der Waals surface area contributed by atoms with Crippen LogP contribution >= 0.6 is 0 Å². The Hall–Kier alpha value is -2.38. The number of methoxy groups -OCH3 is 1. The predicted octanol–water partition coefficient (Wildman–Crippen LogP) is 2.34. The van der Waals surface area contributed by atoms with Crippen LogP contribution in [0.1, 0.15) is 36.2 Å². The molecule has 3 heterocycles. The second-order valence-corrected chi connectivity index (χ2v) is 7.15. The normalized spacial score (nSPS) is 21.7. The number of aromatic nitrogens is 2. The van der Waals surface area contributed by atoms with E-state index in [1.807, 2.05) is 24.3 Å². The van der Waals surface area contributed by atoms with E-state index in [2.05, 4.69) is 10.4 Å². The Balaban J connectivity index is 1.40. The Morgan fingerprint density at radius 1 is 1.22 bits per heavy atom. The second kappa shape index (κ2) is 7.70. The van der Waals surface area contributed by atoms with Crippen molar-refractivity contribution in [3.63, 3.8) is 0 Å². The lowest BCUT2D eigenvalue weighted by Gasteiger charge is -2.43. The molecule has 2 saturated heterocycles. The van der Waals surface area contributed by atoms with Crippen LogP contribution in [0.15, 0.2) is 36.5 Å². The number of hydrogen-bond donors (Lipinski definition) is 1. The molecule has 1 aromatic heterocycles. The van der Waals surface area contributed by atoms with Gasteiger partial charge in [-0.2, -0.15) is 5.10 Å². The molecule has 0 aliphatic carbocycles. The van der Waals surface area contributed by atoms with Gasteiger partial charge in [-0.3, -0.25) is 4.79 Å². The van der Waals surface area contributed by atoms with Crippen LogP contribution in [-0.2, 0) is 9.47 Å². The lowest BCUT2D eigenvalue weighted by atomic mass is 9.84. The summed E-state index contributed by atoms with van der Waals surface area (Å²) < 4.78 is 18.4. The number of rotatable bonds is 4. The zero-order chi connectivity index (χ0) is 18.7. The zero-order valence-electron chi connectivity index (χ0n) is 15.5. The summed E-state index contributed by atoms with van der Waals surface area (Å²) in [5, 5.41) is 7.55. The van der Waals surface area contributed by atoms with Gasteiger partial charge >= 0.3 is 0 Å². The Morgan fingerprint density at radius 2 is 2.00 bits per heavy atom. The molecule has 0 radical (unpaired) electrons. The van der Waals surface area contributed by atoms with Crippen molar-refractivity contribution >= 4 is 5.91 Å². The molecule has 2 fully saturated rings. The molecule has 144 valence electrons. The summed E-state index contributed by atoms with van der Waals surface area (Å²) in [4.78, 5) is 12.7. The molecule has 7 heteroatoms. The minimum atomic E-state index is -0.142. The van der Waals surface area contributed by atoms with E-state index in [4.69, 9.17) is 14.2 Å². The third-order valence-electron chi connectivity index (χ3n) is 5.39. The first kappa shape index (κ1) is 18.0. The standard InChI is InChI=1S/C20H25N3O4/c1-25-17-4-2-16(3-5-17)23-10-6-18(22-23)19(24)21-15-7-11-27-20(14-15)8-12-26-13-9-20/h2-6,10,15H,7-9,11-14H2,1H3,(H,21,24)/t15-/m0/s1. The maximum absolute atomic E-state index is 12.7. The highest BCUT2D eigenvalue weighted by Crippen LogP contribution is 2.34. The van der Waals surface area contributed by atoms with Crippen molar-refractivity contribution in [2.45, 2.75) is 37.3 Å². The fourth-order valence-corrected chi connectivity index (χ4v) is 3.83. The lowest BCUT2D eigenvalue weighted by Crippen LogP contribution is -2.51. The van der Waals surface area contributed by atoms with Gasteiger partial charge in [-0.25, -0.2) is 4.68 Å². The van der Waals surface area contributed by atoms with Crippen molar-refractivity contribution in [1.29, 1.82) is 0 Å². The Kier molecular flexibility index (Phi) is 5.13. The van der Waals surface area contributed by atoms with Gasteiger partial charge in [-0.1, -0.05) is 0 Å². The molecule has 1 atom stereocenters. The second-order valence-electron chi connectivity index (χ2n) is 7.15. The third-order valence-corrected chi connectivity index (χ3v) is 5.39. The van der Waals surface area contributed by atoms with Crippen molar-refractivity contribution in [2.75, 3.05) is 26.9 Å². The molecule has 0 saturated carbocycles. The topological polar surface area (TPSA) is 74.6 Å². The van der Waals surface area contributed by atoms with Crippen LogP contribution < -0.4 is 10.1 Å². The van der Waals surface area contributed by atoms with Crippen LogP contribution in [0, 0.1) is 0 Å². The first-order valence-corrected chi connectivity index (χ1v) is 9.40. The smallest absolute Gasteiger partial charge is 0.272 e. The minimum absolute atomic E-state index is 0.107. The summed E-state index contributed by atoms with van der Waals surface area (Å²) in [6.07, 6.45) is 5.24. The third kappa shape index (κ3) is 3.99. The largest absolute Gasteiger partial charge is 0.497 e. The van der Waals surface area contributed by atoms with Crippen LogP contribution in [0.4, 0.5) is 0 Å². The highest BCUT2D eigenvalue weighted by molar-refractivity contribution is 5.92. The highest BCUT2D eigenvalue weighted by Gasteiger charge is 2.39. The van der Waals surface area contributed by atoms with Gasteiger partial charge in [0.1, 0.15) is 5.75 Å². The average Bonchev–Trinajstić information content (AvgIpc) is 3.19. The van der Waals surface area contributed by atoms with E-state index in [0.29, 0.717) is 12.3 Å². The number of benzene rings is 1. The van der Waals surface area contributed by atoms with Gasteiger partial charge in [0.15, 0.2) is 5.69 Å². The molecule has 1 aromatic carbocycles. The van der Waals surface area contributed by atoms with Gasteiger partial charge < -0.3 is 19.5 Å². The van der Waals surface area contributed by atoms with Gasteiger partial charge in [0.25, 0.3) is 5.91 Å². The van der Waals surface area contributed by atoms with Crippen molar-refractivity contribution in [2.24, 2.45) is 0 Å². The lowest BCUT2D eigenvalue weighted by molar-refractivity contribution is -0.139. The van der Waals surface area contributed by atoms with Gasteiger partial charge in [-0.05, 0) is 56.0 Å². The molecule has 4 rings (SSSR count). The van der Waals surface area contributed by atoms with E-state index in [-0.39, 0.29) is 17.6 Å². The molecule has 0 bridgehead atoms. The van der Waals surface area contributed by atoms with Crippen molar-refractivity contribution in [3.8, 4) is 11.4 Å². The quantitative estimate of drug-likeness (QED) is 0.893. The van der Waals surface area contributed by atoms with Gasteiger partial charge in [0, 0.05) is 32.1 Å². The summed E-state index contributed by atoms with van der Waals surface area (Å²) in [5.41, 5.74) is 1.15. The number of carbonyl (C=O) groups excluding carboxylic acids is 1. The van der Waals surface area contributed by atoms with Crippen LogP contribution in [0.25, 0.3) is 5.69 Å². The van der Waals surface area contributed by atoms with Gasteiger partial charge in [-0.15, -0.1) is 0 Å². The number of nitrogens with zero attached hydrogens (tertiary/aromatic N) is 2. The molecule has 2 aromatic rings. The van der Waals surface area contributed by atoms with E-state index in [1.54, 1.807) is 24.1 Å². The summed E-state index contributed by atoms with van der Waals surface area (Å²) in [7, 11) is 1.63. The SMILES string of the molecule is COc1ccc(-n2ccc(C(=O)N[C@H]3CCOC4(CCOCC4)C3)n2)cc1. The zero-order valence-corrected chi connectivity index (χ0v) is 15.5. The molecular weight excluding hydrogens is 346 g/mol. The number of ether oxygens (including phenoxy) is 3. The molecule has 0 unspecified atom stereocenters. The summed E-state index contributed by atoms with van der Waals surface area (Å²) in [6.45, 7) is 2.13. The van der Waals surface area contributed by atoms with Crippen LogP contribution in [0.3, 0.4) is 0 Å². The van der Waals surface area contributed by atoms with E-state index in [9.17, 15) is 4.79 Å². The number of carbonyl (C=O) groups is 1. The molecule has 7 nitrogen and oxygen atoms in total. The van der Waals surface area contributed by atoms with E-state index in [0.717, 1.165) is 50.3 Å². The summed E-state index contributed by atoms with van der Waals surface area (Å²) in [5.74, 6) is 0.641. The molecule has 27 heavy (non-hydrogen) atoms. The van der Waals surface area contributed by atoms with Crippen molar-refractivity contribution < 1.29 is 19.0 Å². The molecule has 2 aliphatic rings. The molecule has 1 spiro atoms. The molecule has 2 aliphatic heterocycles. The van der Waals surface area contributed by atoms with E-state index < -0.39 is 0 Å². The first-order chi connectivity index (χ1) is 13.2. The highest BCUT2D eigenvalue weighted by atomic mass is 16.5. The van der Waals surface area contributed by atoms with Crippen LogP contribution in [-0.4, -0.2) is 54.3 Å². The average molecular weight is 371 g/mol. The summed E-state index contributed by atoms with van der Waals surface area (Å²) in [6, 6.07) is 9.39. The maximum atomic E-state index is 12.7. The predicted molar refractivity (Wildman–Crippen MR) is 99.3 cm³/mol. The van der Waals surface area contributed by atoms with Crippen LogP contribution in [0.2, 0.25) is 0 Å². The molecular formula is C20H25N3O4. The monoisotopic (exact) mass is 371 g/mol. The fraction of sp³-hybridized carbons (Fsp3) is 0.500. The van der Waals surface area contributed by atoms with Crippen LogP contribution in [0.5, 0.6) is 5.75 Å². The first-order valence-electron chi connectivity index (χ1n) is 9.40. The number of nitrogens with one attached hydrogen (secondary N) is 1. The fourth-order valence-electron chi connectivity index (χ4n) is 3.83. The Bertz CT molecular complexity index is 775. The number of hydrogen-bond acceptors (Lipinski definition) is 5. The van der Waals surface area contributed by atoms with E-state index in [1.165, 1.54) is 0 Å². The Morgan fingerprint density at radius 3 is 2.74 bits per heavy atom.